The third-order valence-electron chi connectivity index (χ3n) is 3.71. The molecule has 2 aliphatic rings. The van der Waals surface area contributed by atoms with Crippen LogP contribution in [0.3, 0.4) is 0 Å². The largest absolute Gasteiger partial charge is 0.370 e. The van der Waals surface area contributed by atoms with E-state index in [1.165, 1.54) is 16.9 Å². The van der Waals surface area contributed by atoms with Gasteiger partial charge in [0.2, 0.25) is 0 Å². The van der Waals surface area contributed by atoms with E-state index in [0.717, 1.165) is 31.2 Å². The van der Waals surface area contributed by atoms with Crippen LogP contribution in [0.5, 0.6) is 0 Å². The lowest BCUT2D eigenvalue weighted by Gasteiger charge is -2.46. The molecule has 0 aromatic heterocycles. The zero-order chi connectivity index (χ0) is 12.0. The Morgan fingerprint density at radius 3 is 3.06 bits per heavy atom. The Labute approximate surface area is 107 Å². The van der Waals surface area contributed by atoms with Gasteiger partial charge >= 0.3 is 0 Å². The summed E-state index contributed by atoms with van der Waals surface area (Å²) in [5.74, 6) is 0. The first-order valence-electron chi connectivity index (χ1n) is 6.15. The molecule has 0 amide bonds. The number of piperazine rings is 1. The maximum absolute atomic E-state index is 6.39. The van der Waals surface area contributed by atoms with E-state index < -0.39 is 0 Å². The molecule has 1 aromatic rings. The highest BCUT2D eigenvalue weighted by Gasteiger charge is 2.32. The normalized spacial score (nSPS) is 23.4. The van der Waals surface area contributed by atoms with Crippen LogP contribution in [-0.4, -0.2) is 39.3 Å². The summed E-state index contributed by atoms with van der Waals surface area (Å²) in [5.41, 5.74) is 3.73. The summed E-state index contributed by atoms with van der Waals surface area (Å²) in [6.45, 7) is 6.35. The number of hydrogen-bond donors (Lipinski definition) is 1. The second-order valence-corrected chi connectivity index (χ2v) is 5.45. The average molecular weight is 252 g/mol. The molecule has 2 heterocycles. The Kier molecular flexibility index (Phi) is 2.68. The number of aryl methyl sites for hydroxylation is 1. The Morgan fingerprint density at radius 2 is 2.24 bits per heavy atom. The van der Waals surface area contributed by atoms with E-state index in [4.69, 9.17) is 11.6 Å². The minimum absolute atomic E-state index is 0.569. The van der Waals surface area contributed by atoms with Crippen molar-refractivity contribution in [3.8, 4) is 0 Å². The quantitative estimate of drug-likeness (QED) is 0.760. The molecule has 0 aliphatic carbocycles. The van der Waals surface area contributed by atoms with Crippen LogP contribution in [0.1, 0.15) is 5.56 Å². The fourth-order valence-corrected chi connectivity index (χ4v) is 3.37. The fourth-order valence-electron chi connectivity index (χ4n) is 2.96. The first-order valence-corrected chi connectivity index (χ1v) is 6.53. The first-order chi connectivity index (χ1) is 8.16. The number of hydrogen-bond acceptors (Lipinski definition) is 3. The smallest absolute Gasteiger partial charge is 0.0791 e. The van der Waals surface area contributed by atoms with Gasteiger partial charge in [0.15, 0.2) is 0 Å². The van der Waals surface area contributed by atoms with Crippen molar-refractivity contribution in [1.82, 2.24) is 5.32 Å². The number of halogens is 1. The SMILES string of the molecule is Cc1cc(Cl)c2c(c1)N1CCNCC1CN2C. The highest BCUT2D eigenvalue weighted by atomic mass is 35.5. The molecule has 1 aromatic carbocycles. The van der Waals surface area contributed by atoms with E-state index in [-0.39, 0.29) is 0 Å². The van der Waals surface area contributed by atoms with Gasteiger partial charge in [-0.1, -0.05) is 11.6 Å². The van der Waals surface area contributed by atoms with Gasteiger partial charge in [0.1, 0.15) is 0 Å². The number of nitrogens with zero attached hydrogens (tertiary/aromatic N) is 2. The van der Waals surface area contributed by atoms with Gasteiger partial charge < -0.3 is 15.1 Å². The highest BCUT2D eigenvalue weighted by molar-refractivity contribution is 6.34. The van der Waals surface area contributed by atoms with Crippen LogP contribution in [0.15, 0.2) is 12.1 Å². The zero-order valence-corrected chi connectivity index (χ0v) is 11.1. The van der Waals surface area contributed by atoms with E-state index in [9.17, 15) is 0 Å². The molecule has 4 heteroatoms. The second-order valence-electron chi connectivity index (χ2n) is 5.05. The molecule has 0 bridgehead atoms. The minimum Gasteiger partial charge on any atom is -0.370 e. The van der Waals surface area contributed by atoms with Crippen LogP contribution in [0.2, 0.25) is 5.02 Å². The van der Waals surface area contributed by atoms with Gasteiger partial charge in [-0.3, -0.25) is 0 Å². The van der Waals surface area contributed by atoms with Crippen LogP contribution in [0, 0.1) is 6.92 Å². The predicted molar refractivity (Wildman–Crippen MR) is 73.5 cm³/mol. The summed E-state index contributed by atoms with van der Waals surface area (Å²) in [7, 11) is 2.13. The lowest BCUT2D eigenvalue weighted by molar-refractivity contribution is 0.466. The van der Waals surface area contributed by atoms with Gasteiger partial charge in [-0.15, -0.1) is 0 Å². The molecule has 0 radical (unpaired) electrons. The molecular formula is C13H18ClN3. The molecule has 3 rings (SSSR count). The van der Waals surface area contributed by atoms with Crippen LogP contribution in [-0.2, 0) is 0 Å². The maximum atomic E-state index is 6.39. The molecule has 1 saturated heterocycles. The van der Waals surface area contributed by atoms with Crippen molar-refractivity contribution in [3.63, 3.8) is 0 Å². The van der Waals surface area contributed by atoms with Crippen molar-refractivity contribution >= 4 is 23.0 Å². The Balaban J connectivity index is 2.11. The average Bonchev–Trinajstić information content (AvgIpc) is 2.28. The molecule has 1 unspecified atom stereocenters. The van der Waals surface area contributed by atoms with Crippen LogP contribution >= 0.6 is 11.6 Å². The topological polar surface area (TPSA) is 18.5 Å². The molecule has 17 heavy (non-hydrogen) atoms. The fraction of sp³-hybridized carbons (Fsp3) is 0.538. The van der Waals surface area contributed by atoms with Crippen molar-refractivity contribution in [2.24, 2.45) is 0 Å². The summed E-state index contributed by atoms with van der Waals surface area (Å²) in [6, 6.07) is 4.88. The Hall–Kier alpha value is -0.930. The Bertz CT molecular complexity index is 447. The maximum Gasteiger partial charge on any atom is 0.0791 e. The molecule has 0 spiro atoms. The molecule has 1 fully saturated rings. The standard InChI is InChI=1S/C13H18ClN3/c1-9-5-11(14)13-12(6-9)17-4-3-15-7-10(17)8-16(13)2/h5-6,10,15H,3-4,7-8H2,1-2H3. The van der Waals surface area contributed by atoms with Crippen molar-refractivity contribution in [2.45, 2.75) is 13.0 Å². The number of rotatable bonds is 0. The van der Waals surface area contributed by atoms with E-state index in [0.29, 0.717) is 6.04 Å². The van der Waals surface area contributed by atoms with E-state index >= 15 is 0 Å². The first kappa shape index (κ1) is 11.2. The van der Waals surface area contributed by atoms with E-state index in [1.54, 1.807) is 0 Å². The molecular weight excluding hydrogens is 234 g/mol. The van der Waals surface area contributed by atoms with E-state index in [1.807, 2.05) is 0 Å². The monoisotopic (exact) mass is 251 g/mol. The lowest BCUT2D eigenvalue weighted by atomic mass is 10.0. The third-order valence-corrected chi connectivity index (χ3v) is 4.00. The summed E-state index contributed by atoms with van der Waals surface area (Å²) in [5, 5.41) is 4.34. The van der Waals surface area contributed by atoms with Crippen LogP contribution in [0.4, 0.5) is 11.4 Å². The summed E-state index contributed by atoms with van der Waals surface area (Å²) in [6.07, 6.45) is 0. The number of anilines is 2. The zero-order valence-electron chi connectivity index (χ0n) is 10.3. The van der Waals surface area contributed by atoms with Crippen LogP contribution < -0.4 is 15.1 Å². The van der Waals surface area contributed by atoms with Gasteiger partial charge in [-0.05, 0) is 24.6 Å². The Morgan fingerprint density at radius 1 is 1.41 bits per heavy atom. The summed E-state index contributed by atoms with van der Waals surface area (Å²) in [4.78, 5) is 4.79. The second kappa shape index (κ2) is 4.07. The predicted octanol–water partition coefficient (Wildman–Crippen LogP) is 1.88. The van der Waals surface area contributed by atoms with Crippen LogP contribution in [0.25, 0.3) is 0 Å². The van der Waals surface area contributed by atoms with Gasteiger partial charge in [-0.25, -0.2) is 0 Å². The third kappa shape index (κ3) is 1.78. The number of likely N-dealkylation sites (N-methyl/N-ethyl adjacent to an activating group) is 1. The molecule has 92 valence electrons. The van der Waals surface area contributed by atoms with Crippen molar-refractivity contribution in [2.75, 3.05) is 43.0 Å². The summed E-state index contributed by atoms with van der Waals surface area (Å²) >= 11 is 6.39. The molecule has 1 N–H and O–H groups in total. The lowest BCUT2D eigenvalue weighted by Crippen LogP contribution is -2.58. The van der Waals surface area contributed by atoms with Gasteiger partial charge in [-0.2, -0.15) is 0 Å². The van der Waals surface area contributed by atoms with Crippen molar-refractivity contribution in [1.29, 1.82) is 0 Å². The van der Waals surface area contributed by atoms with Gasteiger partial charge in [0, 0.05) is 33.2 Å². The van der Waals surface area contributed by atoms with Crippen molar-refractivity contribution in [3.05, 3.63) is 22.7 Å². The molecule has 2 aliphatic heterocycles. The molecule has 3 nitrogen and oxygen atoms in total. The number of nitrogens with one attached hydrogen (secondary N) is 1. The number of fused-ring (bicyclic) bond motifs is 3. The molecule has 1 atom stereocenters. The van der Waals surface area contributed by atoms with Gasteiger partial charge in [0.05, 0.1) is 22.4 Å². The minimum atomic E-state index is 0.569. The van der Waals surface area contributed by atoms with E-state index in [2.05, 4.69) is 41.2 Å². The molecule has 0 saturated carbocycles. The number of benzene rings is 1. The van der Waals surface area contributed by atoms with Gasteiger partial charge in [0.25, 0.3) is 0 Å². The highest BCUT2D eigenvalue weighted by Crippen LogP contribution is 2.41. The van der Waals surface area contributed by atoms with Crippen molar-refractivity contribution < 1.29 is 0 Å². The summed E-state index contributed by atoms with van der Waals surface area (Å²) < 4.78 is 0.